The van der Waals surface area contributed by atoms with E-state index in [0.29, 0.717) is 0 Å². The molecule has 0 aliphatic carbocycles. The van der Waals surface area contributed by atoms with Crippen LogP contribution in [0, 0.1) is 6.92 Å². The Kier molecular flexibility index (Phi) is 4.80. The topological polar surface area (TPSA) is 79.0 Å². The fourth-order valence-corrected chi connectivity index (χ4v) is 2.95. The number of carbonyl (C=O) groups excluding carboxylic acids is 1. The van der Waals surface area contributed by atoms with E-state index in [4.69, 9.17) is 4.52 Å². The van der Waals surface area contributed by atoms with Gasteiger partial charge in [0.25, 0.3) is 5.91 Å². The Morgan fingerprint density at radius 1 is 1.62 bits per heavy atom. The molecule has 1 saturated heterocycles. The van der Waals surface area contributed by atoms with E-state index in [0.717, 1.165) is 30.8 Å². The van der Waals surface area contributed by atoms with E-state index in [1.165, 1.54) is 10.6 Å². The molecule has 0 radical (unpaired) electrons. The van der Waals surface area contributed by atoms with Crippen LogP contribution in [0.3, 0.4) is 0 Å². The quantitative estimate of drug-likeness (QED) is 0.835. The van der Waals surface area contributed by atoms with Crippen molar-refractivity contribution in [3.8, 4) is 0 Å². The summed E-state index contributed by atoms with van der Waals surface area (Å²) in [7, 11) is 0.675. The number of hydrogen-bond acceptors (Lipinski definition) is 5. The van der Waals surface area contributed by atoms with E-state index in [1.54, 1.807) is 14.1 Å². The highest BCUT2D eigenvalue weighted by atomic mass is 32.2. The second kappa shape index (κ2) is 6.25. The van der Waals surface area contributed by atoms with Crippen LogP contribution in [0.1, 0.15) is 30.3 Å². The largest absolute Gasteiger partial charge is 0.359 e. The van der Waals surface area contributed by atoms with Gasteiger partial charge in [0.15, 0.2) is 5.76 Å². The Balaban J connectivity index is 2.08. The lowest BCUT2D eigenvalue weighted by atomic mass is 10.1. The van der Waals surface area contributed by atoms with Gasteiger partial charge < -0.3 is 4.52 Å². The first-order chi connectivity index (χ1) is 9.79. The summed E-state index contributed by atoms with van der Waals surface area (Å²) in [5.41, 5.74) is 0.831. The Bertz CT molecular complexity index is 631. The van der Waals surface area contributed by atoms with Crippen LogP contribution in [-0.2, 0) is 14.7 Å². The van der Waals surface area contributed by atoms with Crippen molar-refractivity contribution in [2.45, 2.75) is 25.8 Å². The third kappa shape index (κ3) is 3.90. The fourth-order valence-electron chi connectivity index (χ4n) is 2.35. The number of nitrogens with zero attached hydrogens (tertiary/aromatic N) is 4. The van der Waals surface area contributed by atoms with Crippen molar-refractivity contribution in [2.24, 2.45) is 4.36 Å². The summed E-state index contributed by atoms with van der Waals surface area (Å²) in [6.07, 6.45) is 3.39. The molecule has 1 amide bonds. The molecule has 1 fully saturated rings. The molecule has 0 aromatic carbocycles. The molecule has 2 unspecified atom stereocenters. The van der Waals surface area contributed by atoms with Gasteiger partial charge in [-0.25, -0.2) is 8.51 Å². The fraction of sp³-hybridized carbons (Fsp3) is 0.692. The maximum atomic E-state index is 12.1. The van der Waals surface area contributed by atoms with Crippen LogP contribution in [0.4, 0.5) is 0 Å². The summed E-state index contributed by atoms with van der Waals surface area (Å²) in [6, 6.07) is 1.95. The minimum absolute atomic E-state index is 0.0533. The highest BCUT2D eigenvalue weighted by Crippen LogP contribution is 2.31. The summed E-state index contributed by atoms with van der Waals surface area (Å²) in [6.45, 7) is 2.83. The van der Waals surface area contributed by atoms with Crippen molar-refractivity contribution < 1.29 is 13.5 Å². The van der Waals surface area contributed by atoms with Crippen molar-refractivity contribution in [3.63, 3.8) is 0 Å². The first-order valence-electron chi connectivity index (χ1n) is 6.89. The molecule has 0 saturated carbocycles. The van der Waals surface area contributed by atoms with Crippen molar-refractivity contribution in [2.75, 3.05) is 33.4 Å². The summed E-state index contributed by atoms with van der Waals surface area (Å²) in [5, 5.41) is 3.89. The highest BCUT2D eigenvalue weighted by Gasteiger charge is 2.30. The average Bonchev–Trinajstić information content (AvgIpc) is 2.96. The Hall–Kier alpha value is -1.25. The predicted molar refractivity (Wildman–Crippen MR) is 80.0 cm³/mol. The molecule has 2 atom stereocenters. The van der Waals surface area contributed by atoms with Gasteiger partial charge in [-0.1, -0.05) is 5.16 Å². The molecule has 2 heterocycles. The molecular formula is C13H22N4O3S. The maximum Gasteiger partial charge on any atom is 0.268 e. The minimum atomic E-state index is -2.62. The Labute approximate surface area is 125 Å². The van der Waals surface area contributed by atoms with E-state index in [9.17, 15) is 9.00 Å². The lowest BCUT2D eigenvalue weighted by Crippen LogP contribution is -2.30. The van der Waals surface area contributed by atoms with Crippen molar-refractivity contribution in [1.29, 1.82) is 0 Å². The zero-order valence-corrected chi connectivity index (χ0v) is 13.7. The zero-order chi connectivity index (χ0) is 15.6. The van der Waals surface area contributed by atoms with E-state index >= 15 is 0 Å². The highest BCUT2D eigenvalue weighted by molar-refractivity contribution is 7.90. The molecule has 0 N–H and O–H groups in total. The lowest BCUT2D eigenvalue weighted by molar-refractivity contribution is -0.119. The molecule has 1 aromatic rings. The number of carbonyl (C=O) groups is 1. The first-order valence-corrected chi connectivity index (χ1v) is 8.77. The lowest BCUT2D eigenvalue weighted by Gasteiger charge is -2.20. The first kappa shape index (κ1) is 16.1. The third-order valence-electron chi connectivity index (χ3n) is 3.63. The molecule has 7 nitrogen and oxygen atoms in total. The van der Waals surface area contributed by atoms with Gasteiger partial charge in [0, 0.05) is 26.4 Å². The average molecular weight is 314 g/mol. The zero-order valence-electron chi connectivity index (χ0n) is 12.9. The van der Waals surface area contributed by atoms with Crippen LogP contribution in [-0.4, -0.2) is 57.9 Å². The summed E-state index contributed by atoms with van der Waals surface area (Å²) < 4.78 is 22.7. The van der Waals surface area contributed by atoms with Gasteiger partial charge in [-0.05, 0) is 26.3 Å². The van der Waals surface area contributed by atoms with Crippen LogP contribution in [0.15, 0.2) is 15.0 Å². The van der Waals surface area contributed by atoms with Crippen molar-refractivity contribution >= 4 is 15.8 Å². The van der Waals surface area contributed by atoms with Gasteiger partial charge >= 0.3 is 0 Å². The second-order valence-electron chi connectivity index (χ2n) is 5.56. The molecule has 8 heteroatoms. The second-order valence-corrected chi connectivity index (χ2v) is 8.00. The standard InChI is InChI=1S/C13H22N4O3S/c1-10-8-12(20-14-10)11-6-5-7-17(11)9-13(18)15-21(4,19)16(2)3/h8,11H,5-7,9H2,1-4H3. The van der Waals surface area contributed by atoms with E-state index in [2.05, 4.69) is 9.52 Å². The molecule has 21 heavy (non-hydrogen) atoms. The summed E-state index contributed by atoms with van der Waals surface area (Å²) in [5.74, 6) is 0.418. The van der Waals surface area contributed by atoms with Crippen LogP contribution in [0.2, 0.25) is 0 Å². The maximum absolute atomic E-state index is 12.1. The van der Waals surface area contributed by atoms with Crippen molar-refractivity contribution in [1.82, 2.24) is 14.4 Å². The van der Waals surface area contributed by atoms with E-state index in [-0.39, 0.29) is 18.5 Å². The molecular weight excluding hydrogens is 292 g/mol. The molecule has 0 bridgehead atoms. The van der Waals surface area contributed by atoms with Gasteiger partial charge in [0.05, 0.1) is 18.3 Å². The van der Waals surface area contributed by atoms with Gasteiger partial charge in [-0.2, -0.15) is 0 Å². The Morgan fingerprint density at radius 3 is 2.90 bits per heavy atom. The number of rotatable bonds is 4. The number of aryl methyl sites for hydroxylation is 1. The number of likely N-dealkylation sites (tertiary alicyclic amines) is 1. The molecule has 1 aromatic heterocycles. The summed E-state index contributed by atoms with van der Waals surface area (Å²) in [4.78, 5) is 14.1. The van der Waals surface area contributed by atoms with Gasteiger partial charge in [0.1, 0.15) is 9.92 Å². The monoisotopic (exact) mass is 314 g/mol. The smallest absolute Gasteiger partial charge is 0.268 e. The van der Waals surface area contributed by atoms with E-state index in [1.807, 2.05) is 17.9 Å². The SMILES string of the molecule is Cc1cc(C2CCCN2CC(=O)N=S(C)(=O)N(C)C)on1. The molecule has 0 spiro atoms. The van der Waals surface area contributed by atoms with Crippen LogP contribution in [0.25, 0.3) is 0 Å². The number of amides is 1. The molecule has 118 valence electrons. The Morgan fingerprint density at radius 2 is 2.33 bits per heavy atom. The molecule has 1 aliphatic heterocycles. The third-order valence-corrected chi connectivity index (χ3v) is 5.52. The molecule has 2 rings (SSSR count). The normalized spacial score (nSPS) is 22.4. The predicted octanol–water partition coefficient (Wildman–Crippen LogP) is 1.22. The minimum Gasteiger partial charge on any atom is -0.359 e. The van der Waals surface area contributed by atoms with Crippen LogP contribution < -0.4 is 0 Å². The van der Waals surface area contributed by atoms with Crippen LogP contribution >= 0.6 is 0 Å². The molecule has 1 aliphatic rings. The number of hydrogen-bond donors (Lipinski definition) is 0. The van der Waals surface area contributed by atoms with Gasteiger partial charge in [0.2, 0.25) is 0 Å². The van der Waals surface area contributed by atoms with Gasteiger partial charge in [-0.3, -0.25) is 9.69 Å². The van der Waals surface area contributed by atoms with Crippen molar-refractivity contribution in [3.05, 3.63) is 17.5 Å². The van der Waals surface area contributed by atoms with Gasteiger partial charge in [-0.15, -0.1) is 4.36 Å². The summed E-state index contributed by atoms with van der Waals surface area (Å²) >= 11 is 0. The van der Waals surface area contributed by atoms with E-state index < -0.39 is 9.92 Å². The number of aromatic nitrogens is 1. The van der Waals surface area contributed by atoms with Crippen LogP contribution in [0.5, 0.6) is 0 Å².